The van der Waals surface area contributed by atoms with Crippen molar-refractivity contribution in [2.24, 2.45) is 5.41 Å². The summed E-state index contributed by atoms with van der Waals surface area (Å²) in [5, 5.41) is 21.1. The minimum atomic E-state index is -1.33. The molecule has 1 N–H and O–H groups in total. The maximum Gasteiger partial charge on any atom is 0.354 e. The first kappa shape index (κ1) is 40.9. The second-order valence-electron chi connectivity index (χ2n) is 18.0. The zero-order valence-electron chi connectivity index (χ0n) is 36.1. The van der Waals surface area contributed by atoms with Gasteiger partial charge in [-0.3, -0.25) is 9.97 Å². The molecule has 8 aromatic rings. The van der Waals surface area contributed by atoms with E-state index < -0.39 is 11.9 Å². The van der Waals surface area contributed by atoms with Gasteiger partial charge in [-0.1, -0.05) is 145 Å². The van der Waals surface area contributed by atoms with E-state index in [0.29, 0.717) is 0 Å². The third-order valence-corrected chi connectivity index (χ3v) is 14.1. The summed E-state index contributed by atoms with van der Waals surface area (Å²) in [7, 11) is 0. The fourth-order valence-electron chi connectivity index (χ4n) is 9.35. The molecule has 3 heterocycles. The van der Waals surface area contributed by atoms with Crippen LogP contribution in [-0.4, -0.2) is 32.0 Å². The summed E-state index contributed by atoms with van der Waals surface area (Å²) in [5.74, 6) is -2.41. The number of carboxylic acid groups (broad SMARTS) is 2. The number of carbonyl (C=O) groups is 2. The Morgan fingerprint density at radius 3 is 1.19 bits per heavy atom. The molecule has 5 aromatic carbocycles. The lowest BCUT2D eigenvalue weighted by Gasteiger charge is -2.44. The first-order valence-electron chi connectivity index (χ1n) is 21.1. The number of carbonyl (C=O) groups excluding carboxylic acids is 1. The third kappa shape index (κ3) is 7.00. The lowest BCUT2D eigenvalue weighted by molar-refractivity contribution is -0.255. The highest BCUT2D eigenvalue weighted by atomic mass is 16.4. The van der Waals surface area contributed by atoms with Crippen LogP contribution in [-0.2, 0) is 10.8 Å². The van der Waals surface area contributed by atoms with Gasteiger partial charge in [-0.05, 0) is 120 Å². The Kier molecular flexibility index (Phi) is 10.0. The highest BCUT2D eigenvalue weighted by Gasteiger charge is 2.56. The van der Waals surface area contributed by atoms with E-state index in [2.05, 4.69) is 124 Å². The minimum absolute atomic E-state index is 0.0173. The monoisotopic (exact) mass is 824 g/mol. The van der Waals surface area contributed by atoms with Gasteiger partial charge in [-0.25, -0.2) is 9.78 Å². The molecule has 310 valence electrons. The summed E-state index contributed by atoms with van der Waals surface area (Å²) in [6.07, 6.45) is 5.13. The Balaban J connectivity index is 1.18. The SMILES string of the molecule is CC1(C)c2ccc(-c3ccc(-c4ccccc4-c4cc(-c5ccccc5-c5ccc(C(=O)[O-])nc5)cc(-c5ccccc5-c5ccc(C(=O)O)nc5)c4)cn3)cc2C(C)(C)C1(C)C. The van der Waals surface area contributed by atoms with Crippen molar-refractivity contribution < 1.29 is 19.8 Å². The van der Waals surface area contributed by atoms with Crippen LogP contribution in [0.5, 0.6) is 0 Å². The minimum Gasteiger partial charge on any atom is -0.543 e. The van der Waals surface area contributed by atoms with Crippen molar-refractivity contribution >= 4 is 11.9 Å². The molecule has 0 amide bonds. The first-order valence-corrected chi connectivity index (χ1v) is 21.1. The van der Waals surface area contributed by atoms with Gasteiger partial charge < -0.3 is 15.0 Å². The summed E-state index contributed by atoms with van der Waals surface area (Å²) >= 11 is 0. The summed E-state index contributed by atoms with van der Waals surface area (Å²) in [6, 6.07) is 48.6. The second kappa shape index (κ2) is 15.4. The number of benzene rings is 5. The standard InChI is InChI=1S/C56H47N3O4/c1-54(2)47-23-19-34(30-48(47)55(3,4)56(54,5)6)49-24-20-35(31-57-49)41-13-7-10-16-44(41)38-27-39(45-17-11-8-14-42(45)36-21-25-50(52(60)61)58-32-36)29-40(28-38)46-18-12-9-15-43(46)37-22-26-51(53(62)63)59-33-37/h7-33H,1-6H3,(H,60,61)(H,62,63)/p-1. The van der Waals surface area contributed by atoms with E-state index in [1.54, 1.807) is 24.5 Å². The molecule has 1 aliphatic carbocycles. The number of pyridine rings is 3. The average Bonchev–Trinajstić information content (AvgIpc) is 3.41. The van der Waals surface area contributed by atoms with Gasteiger partial charge in [-0.2, -0.15) is 0 Å². The van der Waals surface area contributed by atoms with Gasteiger partial charge in [0.2, 0.25) is 0 Å². The molecular weight excluding hydrogens is 779 g/mol. The van der Waals surface area contributed by atoms with E-state index in [1.165, 1.54) is 23.3 Å². The predicted molar refractivity (Wildman–Crippen MR) is 249 cm³/mol. The van der Waals surface area contributed by atoms with Crippen LogP contribution in [0.3, 0.4) is 0 Å². The van der Waals surface area contributed by atoms with Crippen molar-refractivity contribution in [2.75, 3.05) is 0 Å². The quantitative estimate of drug-likeness (QED) is 0.154. The molecule has 0 bridgehead atoms. The molecule has 0 aliphatic heterocycles. The molecule has 0 unspecified atom stereocenters. The average molecular weight is 825 g/mol. The topological polar surface area (TPSA) is 116 Å². The molecule has 0 saturated heterocycles. The summed E-state index contributed by atoms with van der Waals surface area (Å²) in [4.78, 5) is 36.7. The Hall–Kier alpha value is -7.51. The van der Waals surface area contributed by atoms with Crippen molar-refractivity contribution in [3.8, 4) is 78.0 Å². The maximum atomic E-state index is 11.7. The normalized spacial score (nSPS) is 14.5. The van der Waals surface area contributed by atoms with E-state index in [4.69, 9.17) is 4.98 Å². The summed E-state index contributed by atoms with van der Waals surface area (Å²) < 4.78 is 0. The van der Waals surface area contributed by atoms with Crippen molar-refractivity contribution in [3.63, 3.8) is 0 Å². The van der Waals surface area contributed by atoms with E-state index in [0.717, 1.165) is 78.0 Å². The molecule has 3 aromatic heterocycles. The van der Waals surface area contributed by atoms with Crippen LogP contribution in [0.15, 0.2) is 164 Å². The van der Waals surface area contributed by atoms with Gasteiger partial charge >= 0.3 is 5.97 Å². The lowest BCUT2D eigenvalue weighted by atomic mass is 9.59. The van der Waals surface area contributed by atoms with Crippen molar-refractivity contribution in [1.82, 2.24) is 15.0 Å². The van der Waals surface area contributed by atoms with Gasteiger partial charge in [0, 0.05) is 40.8 Å². The van der Waals surface area contributed by atoms with E-state index in [9.17, 15) is 19.8 Å². The molecular formula is C56H46N3O4-. The van der Waals surface area contributed by atoms with Gasteiger partial charge in [0.05, 0.1) is 17.4 Å². The molecule has 0 radical (unpaired) electrons. The summed E-state index contributed by atoms with van der Waals surface area (Å²) in [6.45, 7) is 14.2. The smallest absolute Gasteiger partial charge is 0.354 e. The molecule has 63 heavy (non-hydrogen) atoms. The molecule has 7 nitrogen and oxygen atoms in total. The second-order valence-corrected chi connectivity index (χ2v) is 18.0. The Bertz CT molecular complexity index is 2960. The largest absolute Gasteiger partial charge is 0.543 e. The fraction of sp³-hybridized carbons (Fsp3) is 0.161. The van der Waals surface area contributed by atoms with E-state index in [-0.39, 0.29) is 27.6 Å². The van der Waals surface area contributed by atoms with Crippen LogP contribution < -0.4 is 5.11 Å². The van der Waals surface area contributed by atoms with E-state index >= 15 is 0 Å². The number of aromatic nitrogens is 3. The highest BCUT2D eigenvalue weighted by Crippen LogP contribution is 2.61. The lowest BCUT2D eigenvalue weighted by Crippen LogP contribution is -2.42. The van der Waals surface area contributed by atoms with Gasteiger partial charge in [0.15, 0.2) is 0 Å². The van der Waals surface area contributed by atoms with Gasteiger partial charge in [0.1, 0.15) is 5.69 Å². The van der Waals surface area contributed by atoms with Gasteiger partial charge in [-0.15, -0.1) is 0 Å². The van der Waals surface area contributed by atoms with Crippen molar-refractivity contribution in [3.05, 3.63) is 187 Å². The highest BCUT2D eigenvalue weighted by molar-refractivity contribution is 5.94. The zero-order valence-corrected chi connectivity index (χ0v) is 36.1. The van der Waals surface area contributed by atoms with E-state index in [1.807, 2.05) is 54.7 Å². The summed E-state index contributed by atoms with van der Waals surface area (Å²) in [5.41, 5.74) is 15.8. The van der Waals surface area contributed by atoms with Gasteiger partial charge in [0.25, 0.3) is 0 Å². The first-order chi connectivity index (χ1) is 30.2. The molecule has 9 rings (SSSR count). The number of aromatic carboxylic acids is 2. The predicted octanol–water partition coefficient (Wildman–Crippen LogP) is 12.2. The van der Waals surface area contributed by atoms with Crippen LogP contribution in [0, 0.1) is 5.41 Å². The Labute approximate surface area is 367 Å². The number of hydrogen-bond donors (Lipinski definition) is 1. The number of carboxylic acids is 2. The van der Waals surface area contributed by atoms with Crippen molar-refractivity contribution in [2.45, 2.75) is 52.4 Å². The third-order valence-electron chi connectivity index (χ3n) is 14.1. The molecule has 1 aliphatic rings. The number of rotatable bonds is 9. The number of fused-ring (bicyclic) bond motifs is 1. The Morgan fingerprint density at radius 1 is 0.429 bits per heavy atom. The van der Waals surface area contributed by atoms with Crippen LogP contribution in [0.2, 0.25) is 0 Å². The number of hydrogen-bond acceptors (Lipinski definition) is 6. The molecule has 0 spiro atoms. The molecule has 7 heteroatoms. The van der Waals surface area contributed by atoms with Crippen LogP contribution in [0.25, 0.3) is 78.0 Å². The molecule has 0 saturated carbocycles. The zero-order chi connectivity index (χ0) is 44.3. The van der Waals surface area contributed by atoms with Crippen LogP contribution in [0.4, 0.5) is 0 Å². The van der Waals surface area contributed by atoms with Crippen LogP contribution >= 0.6 is 0 Å². The number of nitrogens with zero attached hydrogens (tertiary/aromatic N) is 3. The van der Waals surface area contributed by atoms with Crippen molar-refractivity contribution in [1.29, 1.82) is 0 Å². The fourth-order valence-corrected chi connectivity index (χ4v) is 9.35. The maximum absolute atomic E-state index is 11.7. The molecule has 0 atom stereocenters. The van der Waals surface area contributed by atoms with Crippen LogP contribution in [0.1, 0.15) is 73.6 Å². The molecule has 0 fully saturated rings. The Morgan fingerprint density at radius 2 is 0.810 bits per heavy atom.